The number of unbranched alkanes of at least 4 members (excludes halogenated alkanes) is 15. The third-order valence-corrected chi connectivity index (χ3v) is 6.62. The van der Waals surface area contributed by atoms with Crippen LogP contribution < -0.4 is 17.0 Å². The van der Waals surface area contributed by atoms with Gasteiger partial charge in [0.15, 0.2) is 0 Å². The van der Waals surface area contributed by atoms with Gasteiger partial charge >= 0.3 is 0 Å². The molecule has 202 valence electrons. The van der Waals surface area contributed by atoms with E-state index in [1.165, 1.54) is 96.3 Å². The summed E-state index contributed by atoms with van der Waals surface area (Å²) in [6.07, 6.45) is 15.8. The summed E-state index contributed by atoms with van der Waals surface area (Å²) < 4.78 is 0.540. The first-order chi connectivity index (χ1) is 15.2. The minimum Gasteiger partial charge on any atom is -1.00 e. The lowest BCUT2D eigenvalue weighted by Gasteiger charge is -2.34. The van der Waals surface area contributed by atoms with Gasteiger partial charge in [-0.1, -0.05) is 96.8 Å². The molecule has 0 aromatic carbocycles. The Kier molecular flexibility index (Phi) is 24.3. The smallest absolute Gasteiger partial charge is 0.131 e. The van der Waals surface area contributed by atoms with Crippen LogP contribution in [0.5, 0.6) is 0 Å². The molecule has 0 aliphatic heterocycles. The van der Waals surface area contributed by atoms with Crippen LogP contribution in [0.2, 0.25) is 0 Å². The number of hydrogen-bond acceptors (Lipinski definition) is 5. The topological polar surface area (TPSA) is 101 Å². The Morgan fingerprint density at radius 2 is 0.879 bits per heavy atom. The van der Waals surface area contributed by atoms with Crippen LogP contribution in [-0.4, -0.2) is 88.2 Å². The van der Waals surface area contributed by atoms with Crippen molar-refractivity contribution in [3.8, 4) is 0 Å². The van der Waals surface area contributed by atoms with Crippen molar-refractivity contribution in [1.29, 1.82) is 0 Å². The molecule has 5 N–H and O–H groups in total. The van der Waals surface area contributed by atoms with E-state index in [2.05, 4.69) is 6.92 Å². The van der Waals surface area contributed by atoms with Gasteiger partial charge in [-0.05, 0) is 12.8 Å². The molecule has 0 amide bonds. The van der Waals surface area contributed by atoms with Crippen LogP contribution in [0, 0.1) is 0 Å². The molecule has 7 heteroatoms. The van der Waals surface area contributed by atoms with Crippen LogP contribution in [0.1, 0.15) is 110 Å². The third-order valence-electron chi connectivity index (χ3n) is 6.62. The van der Waals surface area contributed by atoms with Crippen molar-refractivity contribution in [3.63, 3.8) is 0 Å². The fraction of sp³-hybridized carbons (Fsp3) is 1.00. The van der Waals surface area contributed by atoms with Gasteiger partial charge in [0.05, 0.1) is 27.2 Å². The molecule has 4 unspecified atom stereocenters. The Bertz CT molecular complexity index is 414. The Morgan fingerprint density at radius 1 is 0.545 bits per heavy atom. The van der Waals surface area contributed by atoms with E-state index < -0.39 is 31.0 Å². The molecular formula is C26H56BrNO5. The second-order valence-corrected chi connectivity index (χ2v) is 10.4. The van der Waals surface area contributed by atoms with Crippen molar-refractivity contribution in [1.82, 2.24) is 0 Å². The average molecular weight is 543 g/mol. The second-order valence-electron chi connectivity index (χ2n) is 10.4. The first kappa shape index (κ1) is 35.4. The molecule has 33 heavy (non-hydrogen) atoms. The van der Waals surface area contributed by atoms with Gasteiger partial charge in [0, 0.05) is 0 Å². The zero-order valence-corrected chi connectivity index (χ0v) is 23.4. The molecule has 0 aromatic heterocycles. The highest BCUT2D eigenvalue weighted by Crippen LogP contribution is 2.15. The SMILES string of the molecule is CCCCCCCCCCCCCCCCCC[N+](C)(C)CC(O)C(O)C(O)C(O)CO.[Br-]. The van der Waals surface area contributed by atoms with E-state index in [1.807, 2.05) is 14.1 Å². The number of halogens is 1. The van der Waals surface area contributed by atoms with E-state index in [4.69, 9.17) is 5.11 Å². The normalized spacial score (nSPS) is 15.6. The fourth-order valence-electron chi connectivity index (χ4n) is 4.36. The molecule has 0 rings (SSSR count). The summed E-state index contributed by atoms with van der Waals surface area (Å²) in [6.45, 7) is 2.80. The Labute approximate surface area is 214 Å². The van der Waals surface area contributed by atoms with Gasteiger partial charge < -0.3 is 47.0 Å². The largest absolute Gasteiger partial charge is 1.00 e. The number of hydrogen-bond donors (Lipinski definition) is 5. The van der Waals surface area contributed by atoms with E-state index in [0.29, 0.717) is 4.48 Å². The summed E-state index contributed by atoms with van der Waals surface area (Å²) in [5.41, 5.74) is 0. The highest BCUT2D eigenvalue weighted by molar-refractivity contribution is 4.80. The van der Waals surface area contributed by atoms with Crippen molar-refractivity contribution >= 4 is 0 Å². The number of aliphatic hydroxyl groups excluding tert-OH is 5. The number of nitrogens with zero attached hydrogens (tertiary/aromatic N) is 1. The van der Waals surface area contributed by atoms with E-state index in [1.54, 1.807) is 0 Å². The molecule has 0 aromatic rings. The molecule has 0 bridgehead atoms. The third kappa shape index (κ3) is 20.2. The number of aliphatic hydroxyl groups is 5. The summed E-state index contributed by atoms with van der Waals surface area (Å²) >= 11 is 0. The zero-order chi connectivity index (χ0) is 24.2. The first-order valence-corrected chi connectivity index (χ1v) is 13.4. The zero-order valence-electron chi connectivity index (χ0n) is 21.8. The molecule has 0 fully saturated rings. The van der Waals surface area contributed by atoms with E-state index >= 15 is 0 Å². The summed E-state index contributed by atoms with van der Waals surface area (Å²) in [7, 11) is 3.99. The van der Waals surface area contributed by atoms with Crippen LogP contribution in [0.15, 0.2) is 0 Å². The molecule has 6 nitrogen and oxygen atoms in total. The summed E-state index contributed by atoms with van der Waals surface area (Å²) in [5.74, 6) is 0. The predicted octanol–water partition coefficient (Wildman–Crippen LogP) is 0.764. The Hall–Kier alpha value is 0.240. The monoisotopic (exact) mass is 541 g/mol. The molecule has 0 aliphatic rings. The summed E-state index contributed by atoms with van der Waals surface area (Å²) in [4.78, 5) is 0. The maximum Gasteiger partial charge on any atom is 0.131 e. The number of likely N-dealkylation sites (N-methyl/N-ethyl adjacent to an activating group) is 1. The van der Waals surface area contributed by atoms with Gasteiger partial charge in [-0.3, -0.25) is 0 Å². The predicted molar refractivity (Wildman–Crippen MR) is 133 cm³/mol. The lowest BCUT2D eigenvalue weighted by Crippen LogP contribution is -3.00. The van der Waals surface area contributed by atoms with Crippen LogP contribution in [-0.2, 0) is 0 Å². The average Bonchev–Trinajstić information content (AvgIpc) is 2.76. The molecule has 0 aliphatic carbocycles. The molecule has 4 atom stereocenters. The van der Waals surface area contributed by atoms with E-state index in [-0.39, 0.29) is 23.5 Å². The number of rotatable bonds is 23. The molecular weight excluding hydrogens is 486 g/mol. The van der Waals surface area contributed by atoms with Gasteiger partial charge in [-0.2, -0.15) is 0 Å². The van der Waals surface area contributed by atoms with Crippen molar-refractivity contribution in [2.24, 2.45) is 0 Å². The van der Waals surface area contributed by atoms with Crippen molar-refractivity contribution in [2.75, 3.05) is 33.8 Å². The number of quaternary nitrogens is 1. The van der Waals surface area contributed by atoms with Crippen LogP contribution in [0.25, 0.3) is 0 Å². The van der Waals surface area contributed by atoms with Crippen molar-refractivity contribution in [2.45, 2.75) is 134 Å². The van der Waals surface area contributed by atoms with Crippen molar-refractivity contribution in [3.05, 3.63) is 0 Å². The van der Waals surface area contributed by atoms with Gasteiger partial charge in [0.25, 0.3) is 0 Å². The summed E-state index contributed by atoms with van der Waals surface area (Å²) in [5, 5.41) is 48.2. The molecule has 0 saturated heterocycles. The minimum atomic E-state index is -1.55. The standard InChI is InChI=1S/C26H56NO5.BrH/c1-4-5-6-7-8-9-10-11-12-13-14-15-16-17-18-19-20-27(2,3)21-23(29)25(31)26(32)24(30)22-28;/h23-26,28-32H,4-22H2,1-3H3;1H/q+1;/p-1. The van der Waals surface area contributed by atoms with Crippen molar-refractivity contribution < 1.29 is 47.0 Å². The van der Waals surface area contributed by atoms with E-state index in [9.17, 15) is 20.4 Å². The maximum atomic E-state index is 10.2. The Balaban J connectivity index is 0. The second kappa shape index (κ2) is 22.7. The van der Waals surface area contributed by atoms with Crippen LogP contribution in [0.4, 0.5) is 0 Å². The van der Waals surface area contributed by atoms with Gasteiger partial charge in [0.2, 0.25) is 0 Å². The van der Waals surface area contributed by atoms with Gasteiger partial charge in [-0.25, -0.2) is 0 Å². The molecule has 0 radical (unpaired) electrons. The lowest BCUT2D eigenvalue weighted by molar-refractivity contribution is -0.894. The molecule has 0 saturated carbocycles. The highest BCUT2D eigenvalue weighted by Gasteiger charge is 2.33. The summed E-state index contributed by atoms with van der Waals surface area (Å²) in [6, 6.07) is 0. The highest BCUT2D eigenvalue weighted by atomic mass is 79.9. The maximum absolute atomic E-state index is 10.2. The fourth-order valence-corrected chi connectivity index (χ4v) is 4.36. The lowest BCUT2D eigenvalue weighted by atomic mass is 10.0. The van der Waals surface area contributed by atoms with E-state index in [0.717, 1.165) is 13.0 Å². The van der Waals surface area contributed by atoms with Crippen LogP contribution in [0.3, 0.4) is 0 Å². The first-order valence-electron chi connectivity index (χ1n) is 13.4. The van der Waals surface area contributed by atoms with Gasteiger partial charge in [-0.15, -0.1) is 0 Å². The minimum absolute atomic E-state index is 0. The quantitative estimate of drug-likeness (QED) is 0.0970. The van der Waals surface area contributed by atoms with Crippen LogP contribution >= 0.6 is 0 Å². The molecule has 0 spiro atoms. The molecule has 0 heterocycles. The Morgan fingerprint density at radius 3 is 1.24 bits per heavy atom. The van der Waals surface area contributed by atoms with Gasteiger partial charge in [0.1, 0.15) is 31.0 Å².